The van der Waals surface area contributed by atoms with Crippen LogP contribution in [0.5, 0.6) is 0 Å². The van der Waals surface area contributed by atoms with Gasteiger partial charge in [0.15, 0.2) is 0 Å². The molecule has 0 saturated heterocycles. The number of benzene rings is 2. The Kier molecular flexibility index (Phi) is 4.51. The van der Waals surface area contributed by atoms with Crippen LogP contribution in [0.15, 0.2) is 53.1 Å². The fraction of sp³-hybridized carbons (Fsp3) is 0.176. The number of rotatable bonds is 6. The van der Waals surface area contributed by atoms with Crippen molar-refractivity contribution in [1.82, 2.24) is 10.1 Å². The maximum atomic E-state index is 11.3. The molecule has 1 heterocycles. The van der Waals surface area contributed by atoms with Crippen molar-refractivity contribution in [2.24, 2.45) is 0 Å². The lowest BCUT2D eigenvalue weighted by atomic mass is 10.1. The van der Waals surface area contributed by atoms with Gasteiger partial charge in [-0.2, -0.15) is 4.98 Å². The number of anilines is 1. The third-order valence-corrected chi connectivity index (χ3v) is 3.55. The minimum atomic E-state index is -0.415. The summed E-state index contributed by atoms with van der Waals surface area (Å²) in [5.41, 5.74) is 2.18. The van der Waals surface area contributed by atoms with E-state index in [4.69, 9.17) is 4.52 Å². The van der Waals surface area contributed by atoms with Crippen molar-refractivity contribution >= 4 is 11.4 Å². The van der Waals surface area contributed by atoms with Gasteiger partial charge in [-0.3, -0.25) is 10.1 Å². The minimum absolute atomic E-state index is 0.0111. The molecule has 24 heavy (non-hydrogen) atoms. The summed E-state index contributed by atoms with van der Waals surface area (Å²) in [6.45, 7) is 2.27. The first kappa shape index (κ1) is 15.7. The number of hydrogen-bond acceptors (Lipinski definition) is 6. The summed E-state index contributed by atoms with van der Waals surface area (Å²) in [5, 5.41) is 18.3. The van der Waals surface area contributed by atoms with Crippen LogP contribution in [0.4, 0.5) is 11.4 Å². The summed E-state index contributed by atoms with van der Waals surface area (Å²) in [6, 6.07) is 14.8. The van der Waals surface area contributed by atoms with Gasteiger partial charge in [-0.05, 0) is 24.1 Å². The highest BCUT2D eigenvalue weighted by atomic mass is 16.6. The zero-order valence-corrected chi connectivity index (χ0v) is 13.1. The Morgan fingerprint density at radius 3 is 2.67 bits per heavy atom. The van der Waals surface area contributed by atoms with Crippen molar-refractivity contribution in [3.63, 3.8) is 0 Å². The summed E-state index contributed by atoms with van der Waals surface area (Å²) in [4.78, 5) is 15.0. The van der Waals surface area contributed by atoms with Gasteiger partial charge in [-0.25, -0.2) is 0 Å². The lowest BCUT2D eigenvalue weighted by Gasteiger charge is -2.08. The Balaban J connectivity index is 1.76. The topological polar surface area (TPSA) is 94.1 Å². The van der Waals surface area contributed by atoms with Gasteiger partial charge in [0.25, 0.3) is 5.69 Å². The van der Waals surface area contributed by atoms with E-state index in [0.29, 0.717) is 29.5 Å². The van der Waals surface area contributed by atoms with Crippen molar-refractivity contribution in [3.8, 4) is 11.4 Å². The Bertz CT molecular complexity index is 846. The molecule has 1 aromatic heterocycles. The molecule has 2 aromatic carbocycles. The SMILES string of the molecule is Cc1nc(-c2ccc(NCCc3ccccc3)c([N+](=O)[O-])c2)no1. The van der Waals surface area contributed by atoms with Crippen LogP contribution >= 0.6 is 0 Å². The van der Waals surface area contributed by atoms with Crippen molar-refractivity contribution < 1.29 is 9.45 Å². The van der Waals surface area contributed by atoms with Gasteiger partial charge in [0.05, 0.1) is 4.92 Å². The van der Waals surface area contributed by atoms with E-state index in [2.05, 4.69) is 15.5 Å². The zero-order chi connectivity index (χ0) is 16.9. The number of hydrogen-bond donors (Lipinski definition) is 1. The van der Waals surface area contributed by atoms with Gasteiger partial charge in [0, 0.05) is 25.1 Å². The van der Waals surface area contributed by atoms with E-state index in [1.54, 1.807) is 19.1 Å². The quantitative estimate of drug-likeness (QED) is 0.550. The maximum absolute atomic E-state index is 11.3. The molecule has 0 aliphatic rings. The summed E-state index contributed by atoms with van der Waals surface area (Å²) in [6.07, 6.45) is 0.782. The van der Waals surface area contributed by atoms with Crippen molar-refractivity contribution in [2.45, 2.75) is 13.3 Å². The molecule has 0 bridgehead atoms. The molecule has 0 amide bonds. The molecule has 1 N–H and O–H groups in total. The molecule has 3 rings (SSSR count). The van der Waals surface area contributed by atoms with Crippen LogP contribution in [-0.4, -0.2) is 21.6 Å². The molecule has 0 fully saturated rings. The molecular formula is C17H16N4O3. The Labute approximate surface area is 138 Å². The van der Waals surface area contributed by atoms with Crippen molar-refractivity contribution in [3.05, 3.63) is 70.1 Å². The number of nitrogens with zero attached hydrogens (tertiary/aromatic N) is 3. The standard InChI is InChI=1S/C17H16N4O3/c1-12-19-17(20-24-12)14-7-8-15(16(11-14)21(22)23)18-10-9-13-5-3-2-4-6-13/h2-8,11,18H,9-10H2,1H3. The number of aromatic nitrogens is 2. The summed E-state index contributed by atoms with van der Waals surface area (Å²) >= 11 is 0. The van der Waals surface area contributed by atoms with Crippen LogP contribution in [0.2, 0.25) is 0 Å². The third kappa shape index (κ3) is 3.57. The van der Waals surface area contributed by atoms with E-state index >= 15 is 0 Å². The van der Waals surface area contributed by atoms with Crippen LogP contribution in [0.25, 0.3) is 11.4 Å². The average Bonchev–Trinajstić information content (AvgIpc) is 3.02. The van der Waals surface area contributed by atoms with Crippen LogP contribution in [0.1, 0.15) is 11.5 Å². The molecule has 0 radical (unpaired) electrons. The predicted octanol–water partition coefficient (Wildman–Crippen LogP) is 3.61. The molecule has 0 unspecified atom stereocenters. The van der Waals surface area contributed by atoms with E-state index < -0.39 is 4.92 Å². The minimum Gasteiger partial charge on any atom is -0.379 e. The van der Waals surface area contributed by atoms with Crippen LogP contribution in [-0.2, 0) is 6.42 Å². The third-order valence-electron chi connectivity index (χ3n) is 3.55. The number of nitrogens with one attached hydrogen (secondary N) is 1. The van der Waals surface area contributed by atoms with E-state index in [1.165, 1.54) is 11.6 Å². The van der Waals surface area contributed by atoms with Gasteiger partial charge in [-0.15, -0.1) is 0 Å². The molecule has 122 valence electrons. The van der Waals surface area contributed by atoms with E-state index in [9.17, 15) is 10.1 Å². The highest BCUT2D eigenvalue weighted by molar-refractivity contribution is 5.70. The van der Waals surface area contributed by atoms with Gasteiger partial charge in [0.2, 0.25) is 11.7 Å². The average molecular weight is 324 g/mol. The Morgan fingerprint density at radius 1 is 1.21 bits per heavy atom. The molecule has 0 aliphatic heterocycles. The molecule has 0 saturated carbocycles. The maximum Gasteiger partial charge on any atom is 0.293 e. The van der Waals surface area contributed by atoms with Gasteiger partial charge in [0.1, 0.15) is 5.69 Å². The fourth-order valence-electron chi connectivity index (χ4n) is 2.37. The molecule has 0 aliphatic carbocycles. The summed E-state index contributed by atoms with van der Waals surface area (Å²) < 4.78 is 4.92. The van der Waals surface area contributed by atoms with E-state index in [0.717, 1.165) is 6.42 Å². The molecule has 3 aromatic rings. The van der Waals surface area contributed by atoms with Crippen LogP contribution < -0.4 is 5.32 Å². The second-order valence-corrected chi connectivity index (χ2v) is 5.29. The second-order valence-electron chi connectivity index (χ2n) is 5.29. The Hall–Kier alpha value is -3.22. The summed E-state index contributed by atoms with van der Waals surface area (Å²) in [5.74, 6) is 0.754. The largest absolute Gasteiger partial charge is 0.379 e. The predicted molar refractivity (Wildman–Crippen MR) is 89.8 cm³/mol. The zero-order valence-electron chi connectivity index (χ0n) is 13.1. The van der Waals surface area contributed by atoms with Crippen molar-refractivity contribution in [2.75, 3.05) is 11.9 Å². The molecule has 7 heteroatoms. The van der Waals surface area contributed by atoms with E-state index in [-0.39, 0.29) is 5.69 Å². The normalized spacial score (nSPS) is 10.5. The molecule has 0 atom stereocenters. The lowest BCUT2D eigenvalue weighted by molar-refractivity contribution is -0.383. The highest BCUT2D eigenvalue weighted by Crippen LogP contribution is 2.29. The lowest BCUT2D eigenvalue weighted by Crippen LogP contribution is -2.07. The van der Waals surface area contributed by atoms with Crippen LogP contribution in [0, 0.1) is 17.0 Å². The molecule has 7 nitrogen and oxygen atoms in total. The first-order valence-corrected chi connectivity index (χ1v) is 7.50. The second kappa shape index (κ2) is 6.91. The number of nitro groups is 1. The fourth-order valence-corrected chi connectivity index (χ4v) is 2.37. The molecular weight excluding hydrogens is 308 g/mol. The van der Waals surface area contributed by atoms with Gasteiger partial charge >= 0.3 is 0 Å². The van der Waals surface area contributed by atoms with E-state index in [1.807, 2.05) is 30.3 Å². The first-order valence-electron chi connectivity index (χ1n) is 7.50. The first-order chi connectivity index (χ1) is 11.6. The van der Waals surface area contributed by atoms with Gasteiger partial charge < -0.3 is 9.84 Å². The number of aryl methyl sites for hydroxylation is 1. The highest BCUT2D eigenvalue weighted by Gasteiger charge is 2.17. The smallest absolute Gasteiger partial charge is 0.293 e. The Morgan fingerprint density at radius 2 is 2.00 bits per heavy atom. The van der Waals surface area contributed by atoms with Crippen LogP contribution in [0.3, 0.4) is 0 Å². The summed E-state index contributed by atoms with van der Waals surface area (Å²) in [7, 11) is 0. The van der Waals surface area contributed by atoms with Gasteiger partial charge in [-0.1, -0.05) is 35.5 Å². The number of nitro benzene ring substituents is 1. The van der Waals surface area contributed by atoms with Crippen molar-refractivity contribution in [1.29, 1.82) is 0 Å². The monoisotopic (exact) mass is 324 g/mol. The molecule has 0 spiro atoms.